The second-order valence-electron chi connectivity index (χ2n) is 6.32. The van der Waals surface area contributed by atoms with Gasteiger partial charge in [-0.3, -0.25) is 4.79 Å². The maximum Gasteiger partial charge on any atom is 0.349 e. The number of hydrogen-bond acceptors (Lipinski definition) is 2. The number of likely N-dealkylation sites (tertiary alicyclic amines) is 1. The molecule has 0 aliphatic carbocycles. The van der Waals surface area contributed by atoms with E-state index >= 15 is 0 Å². The van der Waals surface area contributed by atoms with E-state index in [1.54, 1.807) is 13.0 Å². The van der Waals surface area contributed by atoms with Gasteiger partial charge in [0.15, 0.2) is 0 Å². The van der Waals surface area contributed by atoms with Crippen molar-refractivity contribution in [2.75, 3.05) is 19.6 Å². The standard InChI is InChI=1S/C17H24F2N2O/c1-13-7-6-10-21(11-13)12-14(2)20-16(22)17(18,19)15-8-4-3-5-9-15/h3-5,8-9,13-14H,6-7,10-12H2,1-2H3,(H,20,22)/t13-,14-/m0/s1. The molecule has 0 aromatic heterocycles. The molecule has 1 amide bonds. The molecule has 0 spiro atoms. The van der Waals surface area contributed by atoms with E-state index in [1.165, 1.54) is 30.7 Å². The van der Waals surface area contributed by atoms with Crippen molar-refractivity contribution in [3.8, 4) is 0 Å². The van der Waals surface area contributed by atoms with Gasteiger partial charge in [0.1, 0.15) is 0 Å². The maximum atomic E-state index is 14.1. The number of nitrogens with one attached hydrogen (secondary N) is 1. The van der Waals surface area contributed by atoms with Crippen molar-refractivity contribution < 1.29 is 13.6 Å². The zero-order valence-electron chi connectivity index (χ0n) is 13.2. The first kappa shape index (κ1) is 16.9. The van der Waals surface area contributed by atoms with Crippen molar-refractivity contribution in [1.82, 2.24) is 10.2 Å². The molecule has 0 unspecified atom stereocenters. The molecule has 1 fully saturated rings. The lowest BCUT2D eigenvalue weighted by atomic mass is 10.00. The van der Waals surface area contributed by atoms with Crippen molar-refractivity contribution in [1.29, 1.82) is 0 Å². The molecule has 1 aliphatic heterocycles. The second-order valence-corrected chi connectivity index (χ2v) is 6.32. The molecule has 1 aromatic carbocycles. The van der Waals surface area contributed by atoms with E-state index in [-0.39, 0.29) is 11.6 Å². The van der Waals surface area contributed by atoms with Gasteiger partial charge in [0, 0.05) is 24.7 Å². The van der Waals surface area contributed by atoms with Crippen LogP contribution < -0.4 is 5.32 Å². The lowest BCUT2D eigenvalue weighted by Crippen LogP contribution is -2.48. The largest absolute Gasteiger partial charge is 0.349 e. The topological polar surface area (TPSA) is 32.3 Å². The van der Waals surface area contributed by atoms with E-state index in [0.717, 1.165) is 19.5 Å². The third-order valence-corrected chi connectivity index (χ3v) is 4.07. The summed E-state index contributed by atoms with van der Waals surface area (Å²) in [6.45, 7) is 6.52. The van der Waals surface area contributed by atoms with Gasteiger partial charge in [-0.1, -0.05) is 37.3 Å². The quantitative estimate of drug-likeness (QED) is 0.907. The fourth-order valence-electron chi connectivity index (χ4n) is 2.98. The zero-order chi connectivity index (χ0) is 16.2. The van der Waals surface area contributed by atoms with Crippen LogP contribution in [0.3, 0.4) is 0 Å². The van der Waals surface area contributed by atoms with Gasteiger partial charge in [0.2, 0.25) is 0 Å². The van der Waals surface area contributed by atoms with E-state index in [1.807, 2.05) is 0 Å². The SMILES string of the molecule is C[C@H]1CCCN(C[C@H](C)NC(=O)C(F)(F)c2ccccc2)C1. The lowest BCUT2D eigenvalue weighted by Gasteiger charge is -2.33. The van der Waals surface area contributed by atoms with Gasteiger partial charge in [-0.15, -0.1) is 0 Å². The van der Waals surface area contributed by atoms with Crippen molar-refractivity contribution in [3.63, 3.8) is 0 Å². The average molecular weight is 310 g/mol. The van der Waals surface area contributed by atoms with Gasteiger partial charge in [-0.25, -0.2) is 0 Å². The average Bonchev–Trinajstić information content (AvgIpc) is 2.48. The van der Waals surface area contributed by atoms with E-state index in [9.17, 15) is 13.6 Å². The molecule has 0 saturated carbocycles. The molecule has 1 aliphatic rings. The van der Waals surface area contributed by atoms with Crippen LogP contribution in [0.4, 0.5) is 8.78 Å². The fraction of sp³-hybridized carbons (Fsp3) is 0.588. The lowest BCUT2D eigenvalue weighted by molar-refractivity contribution is -0.147. The van der Waals surface area contributed by atoms with Crippen LogP contribution in [0.5, 0.6) is 0 Å². The number of amides is 1. The number of rotatable bonds is 5. The summed E-state index contributed by atoms with van der Waals surface area (Å²) in [5.74, 6) is -4.09. The summed E-state index contributed by atoms with van der Waals surface area (Å²) in [5.41, 5.74) is -0.272. The summed E-state index contributed by atoms with van der Waals surface area (Å²) in [7, 11) is 0. The van der Waals surface area contributed by atoms with Crippen molar-refractivity contribution in [3.05, 3.63) is 35.9 Å². The molecule has 1 N–H and O–H groups in total. The van der Waals surface area contributed by atoms with Crippen LogP contribution >= 0.6 is 0 Å². The van der Waals surface area contributed by atoms with Crippen LogP contribution in [0.25, 0.3) is 0 Å². The minimum Gasteiger partial charge on any atom is -0.347 e. The van der Waals surface area contributed by atoms with Gasteiger partial charge in [-0.2, -0.15) is 8.78 Å². The normalized spacial score (nSPS) is 21.4. The molecular weight excluding hydrogens is 286 g/mol. The van der Waals surface area contributed by atoms with Crippen LogP contribution in [0.2, 0.25) is 0 Å². The number of piperidine rings is 1. The minimum atomic E-state index is -3.50. The number of alkyl halides is 2. The fourth-order valence-corrected chi connectivity index (χ4v) is 2.98. The van der Waals surface area contributed by atoms with Gasteiger partial charge >= 0.3 is 5.92 Å². The molecule has 2 rings (SSSR count). The van der Waals surface area contributed by atoms with E-state index in [0.29, 0.717) is 12.5 Å². The first-order chi connectivity index (χ1) is 10.4. The predicted molar refractivity (Wildman–Crippen MR) is 82.8 cm³/mol. The van der Waals surface area contributed by atoms with Crippen molar-refractivity contribution in [2.24, 2.45) is 5.92 Å². The Kier molecular flexibility index (Phi) is 5.51. The van der Waals surface area contributed by atoms with E-state index in [4.69, 9.17) is 0 Å². The molecule has 0 radical (unpaired) electrons. The molecular formula is C17H24F2N2O. The molecule has 1 saturated heterocycles. The van der Waals surface area contributed by atoms with Gasteiger partial charge in [0.05, 0.1) is 0 Å². The Morgan fingerprint density at radius 1 is 1.41 bits per heavy atom. The van der Waals surface area contributed by atoms with Crippen molar-refractivity contribution in [2.45, 2.75) is 38.7 Å². The van der Waals surface area contributed by atoms with Crippen LogP contribution in [0.1, 0.15) is 32.3 Å². The molecule has 22 heavy (non-hydrogen) atoms. The minimum absolute atomic E-state index is 0.272. The number of benzene rings is 1. The smallest absolute Gasteiger partial charge is 0.347 e. The molecule has 1 heterocycles. The van der Waals surface area contributed by atoms with Crippen LogP contribution in [0, 0.1) is 5.92 Å². The first-order valence-corrected chi connectivity index (χ1v) is 7.86. The summed E-state index contributed by atoms with van der Waals surface area (Å²) in [5, 5.41) is 2.45. The van der Waals surface area contributed by atoms with Crippen molar-refractivity contribution >= 4 is 5.91 Å². The molecule has 0 bridgehead atoms. The highest BCUT2D eigenvalue weighted by Crippen LogP contribution is 2.28. The highest BCUT2D eigenvalue weighted by Gasteiger charge is 2.41. The Morgan fingerprint density at radius 2 is 2.09 bits per heavy atom. The second kappa shape index (κ2) is 7.18. The number of nitrogens with zero attached hydrogens (tertiary/aromatic N) is 1. The first-order valence-electron chi connectivity index (χ1n) is 7.86. The Morgan fingerprint density at radius 3 is 2.73 bits per heavy atom. The summed E-state index contributed by atoms with van der Waals surface area (Å²) in [6.07, 6.45) is 2.34. The summed E-state index contributed by atoms with van der Waals surface area (Å²) in [6, 6.07) is 6.92. The van der Waals surface area contributed by atoms with Crippen LogP contribution in [0.15, 0.2) is 30.3 Å². The summed E-state index contributed by atoms with van der Waals surface area (Å²) >= 11 is 0. The van der Waals surface area contributed by atoms with E-state index < -0.39 is 11.8 Å². The van der Waals surface area contributed by atoms with Crippen LogP contribution in [-0.4, -0.2) is 36.5 Å². The number of carbonyl (C=O) groups excluding carboxylic acids is 1. The molecule has 3 nitrogen and oxygen atoms in total. The Labute approximate surface area is 130 Å². The highest BCUT2D eigenvalue weighted by molar-refractivity contribution is 5.84. The van der Waals surface area contributed by atoms with Crippen LogP contribution in [-0.2, 0) is 10.7 Å². The van der Waals surface area contributed by atoms with E-state index in [2.05, 4.69) is 17.1 Å². The summed E-state index contributed by atoms with van der Waals surface area (Å²) < 4.78 is 28.2. The Hall–Kier alpha value is -1.49. The maximum absolute atomic E-state index is 14.1. The third kappa shape index (κ3) is 4.26. The monoisotopic (exact) mass is 310 g/mol. The third-order valence-electron chi connectivity index (χ3n) is 4.07. The van der Waals surface area contributed by atoms with Gasteiger partial charge in [0.25, 0.3) is 5.91 Å². The molecule has 122 valence electrons. The molecule has 2 atom stereocenters. The predicted octanol–water partition coefficient (Wildman–Crippen LogP) is 3.02. The number of carbonyl (C=O) groups is 1. The van der Waals surface area contributed by atoms with Gasteiger partial charge < -0.3 is 10.2 Å². The number of hydrogen-bond donors (Lipinski definition) is 1. The summed E-state index contributed by atoms with van der Waals surface area (Å²) in [4.78, 5) is 14.1. The number of halogens is 2. The molecule has 1 aromatic rings. The van der Waals surface area contributed by atoms with Gasteiger partial charge in [-0.05, 0) is 32.2 Å². The Bertz CT molecular complexity index is 493. The highest BCUT2D eigenvalue weighted by atomic mass is 19.3. The zero-order valence-corrected chi connectivity index (χ0v) is 13.2. The molecule has 5 heteroatoms. The Balaban J connectivity index is 1.90.